The highest BCUT2D eigenvalue weighted by atomic mass is 32.2. The summed E-state index contributed by atoms with van der Waals surface area (Å²) in [7, 11) is 1.63. The standard InChI is InChI=1S/C24H26N4O5S/c1-32-16-8-6-14(7-9-16)10-11-24(15-4-2-3-5-15)12-17(29)19(22(31)33-24)34-23-27-20-18(21(30)28-23)25-13-26-20/h6-9,13,15,29H,2-5,10-12H2,1H3,(H2,25,26,27,28,30). The highest BCUT2D eigenvalue weighted by Crippen LogP contribution is 2.47. The second-order valence-corrected chi connectivity index (χ2v) is 9.81. The maximum atomic E-state index is 13.2. The topological polar surface area (TPSA) is 130 Å². The van der Waals surface area contributed by atoms with Gasteiger partial charge in [-0.1, -0.05) is 25.0 Å². The van der Waals surface area contributed by atoms with E-state index in [4.69, 9.17) is 9.47 Å². The smallest absolute Gasteiger partial charge is 0.349 e. The molecule has 5 rings (SSSR count). The number of fused-ring (bicyclic) bond motifs is 1. The first kappa shape index (κ1) is 22.5. The first-order valence-electron chi connectivity index (χ1n) is 11.4. The number of H-pyrrole nitrogens is 2. The number of aromatic amines is 2. The third kappa shape index (κ3) is 4.29. The molecule has 9 nitrogen and oxygen atoms in total. The van der Waals surface area contributed by atoms with Crippen LogP contribution in [0.3, 0.4) is 0 Å². The average molecular weight is 483 g/mol. The Morgan fingerprint density at radius 3 is 2.71 bits per heavy atom. The molecule has 1 saturated carbocycles. The monoisotopic (exact) mass is 482 g/mol. The fourth-order valence-corrected chi connectivity index (χ4v) is 5.77. The van der Waals surface area contributed by atoms with E-state index in [1.165, 1.54) is 6.33 Å². The Bertz CT molecular complexity index is 1290. The molecule has 1 aromatic carbocycles. The van der Waals surface area contributed by atoms with E-state index >= 15 is 0 Å². The Hall–Kier alpha value is -3.27. The number of nitrogens with zero attached hydrogens (tertiary/aromatic N) is 2. The molecule has 3 N–H and O–H groups in total. The van der Waals surface area contributed by atoms with Gasteiger partial charge in [0, 0.05) is 6.42 Å². The zero-order valence-corrected chi connectivity index (χ0v) is 19.6. The lowest BCUT2D eigenvalue weighted by Gasteiger charge is -2.41. The second-order valence-electron chi connectivity index (χ2n) is 8.81. The number of thioether (sulfide) groups is 1. The number of esters is 1. The van der Waals surface area contributed by atoms with Gasteiger partial charge in [0.15, 0.2) is 16.3 Å². The number of carbonyl (C=O) groups excluding carboxylic acids is 1. The largest absolute Gasteiger partial charge is 0.511 e. The van der Waals surface area contributed by atoms with Gasteiger partial charge in [-0.25, -0.2) is 14.8 Å². The van der Waals surface area contributed by atoms with E-state index in [1.807, 2.05) is 24.3 Å². The maximum Gasteiger partial charge on any atom is 0.349 e. The normalized spacial score (nSPS) is 21.3. The fourth-order valence-electron chi connectivity index (χ4n) is 4.99. The van der Waals surface area contributed by atoms with Crippen molar-refractivity contribution in [3.8, 4) is 5.75 Å². The minimum atomic E-state index is -0.755. The van der Waals surface area contributed by atoms with Crippen LogP contribution in [-0.2, 0) is 16.0 Å². The van der Waals surface area contributed by atoms with Crippen LogP contribution in [0.4, 0.5) is 0 Å². The number of hydrogen-bond acceptors (Lipinski definition) is 8. The van der Waals surface area contributed by atoms with Crippen LogP contribution >= 0.6 is 11.8 Å². The number of aliphatic hydroxyl groups is 1. The molecule has 3 heterocycles. The maximum absolute atomic E-state index is 13.2. The Morgan fingerprint density at radius 2 is 2.00 bits per heavy atom. The van der Waals surface area contributed by atoms with E-state index in [9.17, 15) is 14.7 Å². The van der Waals surface area contributed by atoms with Crippen molar-refractivity contribution in [2.24, 2.45) is 5.92 Å². The van der Waals surface area contributed by atoms with E-state index in [1.54, 1.807) is 7.11 Å². The van der Waals surface area contributed by atoms with Crippen LogP contribution in [0, 0.1) is 5.92 Å². The van der Waals surface area contributed by atoms with Crippen molar-refractivity contribution in [1.29, 1.82) is 0 Å². The molecule has 10 heteroatoms. The fraction of sp³-hybridized carbons (Fsp3) is 0.417. The zero-order chi connectivity index (χ0) is 23.7. The first-order valence-corrected chi connectivity index (χ1v) is 12.2. The van der Waals surface area contributed by atoms with E-state index < -0.39 is 17.1 Å². The lowest BCUT2D eigenvalue weighted by molar-refractivity contribution is -0.166. The summed E-state index contributed by atoms with van der Waals surface area (Å²) in [5.41, 5.74) is 0.470. The van der Waals surface area contributed by atoms with E-state index in [0.29, 0.717) is 12.8 Å². The number of methoxy groups -OCH3 is 1. The number of nitrogens with one attached hydrogen (secondary N) is 2. The molecule has 0 saturated heterocycles. The van der Waals surface area contributed by atoms with Gasteiger partial charge in [0.05, 0.1) is 13.4 Å². The third-order valence-electron chi connectivity index (χ3n) is 6.78. The number of imidazole rings is 1. The van der Waals surface area contributed by atoms with Crippen molar-refractivity contribution in [1.82, 2.24) is 19.9 Å². The summed E-state index contributed by atoms with van der Waals surface area (Å²) in [5, 5.41) is 11.2. The van der Waals surface area contributed by atoms with Crippen LogP contribution < -0.4 is 10.3 Å². The van der Waals surface area contributed by atoms with Crippen molar-refractivity contribution < 1.29 is 19.4 Å². The van der Waals surface area contributed by atoms with Gasteiger partial charge in [-0.05, 0) is 61.1 Å². The van der Waals surface area contributed by atoms with Gasteiger partial charge in [-0.3, -0.25) is 9.78 Å². The van der Waals surface area contributed by atoms with Crippen LogP contribution in [-0.4, -0.2) is 43.7 Å². The number of aryl methyl sites for hydroxylation is 1. The molecule has 178 valence electrons. The van der Waals surface area contributed by atoms with Gasteiger partial charge >= 0.3 is 5.97 Å². The van der Waals surface area contributed by atoms with Crippen LogP contribution in [0.1, 0.15) is 44.1 Å². The molecule has 1 atom stereocenters. The summed E-state index contributed by atoms with van der Waals surface area (Å²) in [6.45, 7) is 0. The van der Waals surface area contributed by atoms with E-state index in [-0.39, 0.29) is 39.3 Å². The van der Waals surface area contributed by atoms with Crippen molar-refractivity contribution in [3.63, 3.8) is 0 Å². The molecule has 0 bridgehead atoms. The lowest BCUT2D eigenvalue weighted by atomic mass is 9.77. The van der Waals surface area contributed by atoms with Gasteiger partial charge < -0.3 is 19.6 Å². The predicted octanol–water partition coefficient (Wildman–Crippen LogP) is 4.03. The van der Waals surface area contributed by atoms with E-state index in [0.717, 1.165) is 48.8 Å². The number of carbonyl (C=O) groups is 1. The average Bonchev–Trinajstić information content (AvgIpc) is 3.53. The molecule has 34 heavy (non-hydrogen) atoms. The number of aromatic nitrogens is 4. The molecule has 1 aliphatic heterocycles. The van der Waals surface area contributed by atoms with Crippen molar-refractivity contribution in [2.45, 2.75) is 55.7 Å². The number of benzene rings is 1. The number of rotatable bonds is 7. The minimum Gasteiger partial charge on any atom is -0.511 e. The van der Waals surface area contributed by atoms with Crippen molar-refractivity contribution in [3.05, 3.63) is 57.2 Å². The number of cyclic esters (lactones) is 1. The molecule has 2 aromatic heterocycles. The Balaban J connectivity index is 1.40. The molecule has 0 amide bonds. The number of aliphatic hydroxyl groups excluding tert-OH is 1. The third-order valence-corrected chi connectivity index (χ3v) is 7.77. The summed E-state index contributed by atoms with van der Waals surface area (Å²) in [5.74, 6) is 0.384. The summed E-state index contributed by atoms with van der Waals surface area (Å²) >= 11 is 0.896. The first-order chi connectivity index (χ1) is 16.5. The van der Waals surface area contributed by atoms with Gasteiger partial charge in [0.2, 0.25) is 0 Å². The zero-order valence-electron chi connectivity index (χ0n) is 18.8. The Morgan fingerprint density at radius 1 is 1.24 bits per heavy atom. The number of ether oxygens (including phenoxy) is 2. The quantitative estimate of drug-likeness (QED) is 0.340. The summed E-state index contributed by atoms with van der Waals surface area (Å²) in [6.07, 6.45) is 7.08. The summed E-state index contributed by atoms with van der Waals surface area (Å²) in [4.78, 5) is 39.0. The van der Waals surface area contributed by atoms with Crippen LogP contribution in [0.15, 0.2) is 51.2 Å². The highest BCUT2D eigenvalue weighted by molar-refractivity contribution is 8.03. The van der Waals surface area contributed by atoms with Crippen LogP contribution in [0.25, 0.3) is 11.2 Å². The Labute approximate surface area is 200 Å². The van der Waals surface area contributed by atoms with E-state index in [2.05, 4.69) is 19.9 Å². The molecule has 0 spiro atoms. The molecular weight excluding hydrogens is 456 g/mol. The van der Waals surface area contributed by atoms with Gasteiger partial charge in [0.1, 0.15) is 22.0 Å². The van der Waals surface area contributed by atoms with Gasteiger partial charge in [0.25, 0.3) is 5.56 Å². The van der Waals surface area contributed by atoms with Crippen LogP contribution in [0.5, 0.6) is 5.75 Å². The van der Waals surface area contributed by atoms with Crippen LogP contribution in [0.2, 0.25) is 0 Å². The molecular formula is C24H26N4O5S. The number of hydrogen-bond donors (Lipinski definition) is 3. The van der Waals surface area contributed by atoms with Gasteiger partial charge in [-0.15, -0.1) is 0 Å². The molecule has 1 fully saturated rings. The Kier molecular flexibility index (Phi) is 6.07. The second kappa shape index (κ2) is 9.17. The predicted molar refractivity (Wildman–Crippen MR) is 127 cm³/mol. The summed E-state index contributed by atoms with van der Waals surface area (Å²) < 4.78 is 11.4. The minimum absolute atomic E-state index is 0.0207. The van der Waals surface area contributed by atoms with Crippen molar-refractivity contribution in [2.75, 3.05) is 7.11 Å². The molecule has 0 radical (unpaired) electrons. The SMILES string of the molecule is COc1ccc(CCC2(C3CCCC3)CC(O)=C(Sc3nc4nc[nH]c4c(=O)[nH]3)C(=O)O2)cc1. The molecule has 3 aromatic rings. The van der Waals surface area contributed by atoms with Crippen molar-refractivity contribution >= 4 is 28.9 Å². The lowest BCUT2D eigenvalue weighted by Crippen LogP contribution is -2.45. The van der Waals surface area contributed by atoms with Gasteiger partial charge in [-0.2, -0.15) is 0 Å². The molecule has 1 unspecified atom stereocenters. The molecule has 2 aliphatic rings. The molecule has 1 aliphatic carbocycles. The highest BCUT2D eigenvalue weighted by Gasteiger charge is 2.48. The summed E-state index contributed by atoms with van der Waals surface area (Å²) in [6, 6.07) is 7.85.